The third-order valence-corrected chi connectivity index (χ3v) is 4.39. The minimum atomic E-state index is -0.658. The zero-order chi connectivity index (χ0) is 13.7. The normalized spacial score (nSPS) is 20.9. The standard InChI is InChI=1S/C14H21NO3S/c1-17-13-5-4-10(12(16)8-15)7-14(13)18-11-3-2-6-19-9-11/h4-5,7,11-12,16H,2-3,6,8-9,15H2,1H3. The molecule has 0 aromatic heterocycles. The smallest absolute Gasteiger partial charge is 0.161 e. The number of methoxy groups -OCH3 is 1. The van der Waals surface area contributed by atoms with Crippen LogP contribution < -0.4 is 15.2 Å². The first-order valence-electron chi connectivity index (χ1n) is 6.55. The van der Waals surface area contributed by atoms with Gasteiger partial charge in [-0.3, -0.25) is 0 Å². The highest BCUT2D eigenvalue weighted by Gasteiger charge is 2.18. The van der Waals surface area contributed by atoms with Gasteiger partial charge in [-0.15, -0.1) is 0 Å². The van der Waals surface area contributed by atoms with Crippen LogP contribution in [0.1, 0.15) is 24.5 Å². The first-order chi connectivity index (χ1) is 9.24. The predicted molar refractivity (Wildman–Crippen MR) is 78.0 cm³/mol. The highest BCUT2D eigenvalue weighted by molar-refractivity contribution is 7.99. The molecule has 1 aromatic carbocycles. The van der Waals surface area contributed by atoms with Gasteiger partial charge in [0.05, 0.1) is 13.2 Å². The number of benzene rings is 1. The largest absolute Gasteiger partial charge is 0.493 e. The van der Waals surface area contributed by atoms with Crippen molar-refractivity contribution in [1.29, 1.82) is 0 Å². The van der Waals surface area contributed by atoms with Crippen LogP contribution in [0.25, 0.3) is 0 Å². The molecule has 3 N–H and O–H groups in total. The van der Waals surface area contributed by atoms with Crippen LogP contribution in [-0.2, 0) is 0 Å². The van der Waals surface area contributed by atoms with Gasteiger partial charge in [0.1, 0.15) is 6.10 Å². The van der Waals surface area contributed by atoms with Crippen molar-refractivity contribution in [1.82, 2.24) is 0 Å². The van der Waals surface area contributed by atoms with E-state index in [2.05, 4.69) is 0 Å². The minimum Gasteiger partial charge on any atom is -0.493 e. The predicted octanol–water partition coefficient (Wildman–Crippen LogP) is 1.96. The highest BCUT2D eigenvalue weighted by atomic mass is 32.2. The fraction of sp³-hybridized carbons (Fsp3) is 0.571. The van der Waals surface area contributed by atoms with Crippen LogP contribution in [0.4, 0.5) is 0 Å². The van der Waals surface area contributed by atoms with Gasteiger partial charge in [0.15, 0.2) is 11.5 Å². The number of rotatable bonds is 5. The van der Waals surface area contributed by atoms with Crippen molar-refractivity contribution in [3.63, 3.8) is 0 Å². The van der Waals surface area contributed by atoms with E-state index in [0.717, 1.165) is 17.7 Å². The Balaban J connectivity index is 2.15. The van der Waals surface area contributed by atoms with Gasteiger partial charge in [0.25, 0.3) is 0 Å². The number of ether oxygens (including phenoxy) is 2. The summed E-state index contributed by atoms with van der Waals surface area (Å²) < 4.78 is 11.3. The molecule has 1 aliphatic rings. The fourth-order valence-corrected chi connectivity index (χ4v) is 3.15. The van der Waals surface area contributed by atoms with Gasteiger partial charge in [0.2, 0.25) is 0 Å². The molecule has 1 heterocycles. The first kappa shape index (κ1) is 14.5. The topological polar surface area (TPSA) is 64.7 Å². The molecule has 106 valence electrons. The maximum Gasteiger partial charge on any atom is 0.161 e. The molecule has 1 aromatic rings. The third kappa shape index (κ3) is 3.78. The quantitative estimate of drug-likeness (QED) is 0.865. The van der Waals surface area contributed by atoms with Crippen molar-refractivity contribution in [3.05, 3.63) is 23.8 Å². The Labute approximate surface area is 118 Å². The zero-order valence-corrected chi connectivity index (χ0v) is 12.0. The van der Waals surface area contributed by atoms with E-state index in [1.807, 2.05) is 30.0 Å². The monoisotopic (exact) mass is 283 g/mol. The molecule has 0 aliphatic carbocycles. The Hall–Kier alpha value is -0.910. The Morgan fingerprint density at radius 2 is 2.32 bits per heavy atom. The summed E-state index contributed by atoms with van der Waals surface area (Å²) in [6.07, 6.45) is 1.81. The van der Waals surface area contributed by atoms with Crippen LogP contribution in [0.2, 0.25) is 0 Å². The van der Waals surface area contributed by atoms with E-state index in [4.69, 9.17) is 15.2 Å². The summed E-state index contributed by atoms with van der Waals surface area (Å²) in [4.78, 5) is 0. The molecular weight excluding hydrogens is 262 g/mol. The number of nitrogens with two attached hydrogens (primary N) is 1. The van der Waals surface area contributed by atoms with Crippen molar-refractivity contribution < 1.29 is 14.6 Å². The third-order valence-electron chi connectivity index (χ3n) is 3.21. The van der Waals surface area contributed by atoms with Crippen LogP contribution >= 0.6 is 11.8 Å². The van der Waals surface area contributed by atoms with E-state index < -0.39 is 6.10 Å². The number of hydrogen-bond donors (Lipinski definition) is 2. The average Bonchev–Trinajstić information content (AvgIpc) is 2.47. The molecular formula is C14H21NO3S. The molecule has 5 heteroatoms. The lowest BCUT2D eigenvalue weighted by atomic mass is 10.1. The second-order valence-electron chi connectivity index (χ2n) is 4.62. The van der Waals surface area contributed by atoms with E-state index in [-0.39, 0.29) is 12.6 Å². The van der Waals surface area contributed by atoms with E-state index >= 15 is 0 Å². The lowest BCUT2D eigenvalue weighted by Gasteiger charge is -2.24. The van der Waals surface area contributed by atoms with E-state index in [1.54, 1.807) is 7.11 Å². The van der Waals surface area contributed by atoms with Crippen LogP contribution in [0.3, 0.4) is 0 Å². The minimum absolute atomic E-state index is 0.199. The van der Waals surface area contributed by atoms with E-state index in [9.17, 15) is 5.11 Å². The first-order valence-corrected chi connectivity index (χ1v) is 7.70. The van der Waals surface area contributed by atoms with E-state index in [1.165, 1.54) is 12.2 Å². The van der Waals surface area contributed by atoms with Gasteiger partial charge in [-0.1, -0.05) is 6.07 Å². The summed E-state index contributed by atoms with van der Waals surface area (Å²) in [6.45, 7) is 0.199. The van der Waals surface area contributed by atoms with Gasteiger partial charge in [-0.2, -0.15) is 11.8 Å². The van der Waals surface area contributed by atoms with Crippen LogP contribution in [0.5, 0.6) is 11.5 Å². The summed E-state index contributed by atoms with van der Waals surface area (Å²) in [5, 5.41) is 9.80. The molecule has 19 heavy (non-hydrogen) atoms. The Morgan fingerprint density at radius 1 is 1.47 bits per heavy atom. The summed E-state index contributed by atoms with van der Waals surface area (Å²) in [6, 6.07) is 5.47. The zero-order valence-electron chi connectivity index (χ0n) is 11.2. The summed E-state index contributed by atoms with van der Waals surface area (Å²) in [7, 11) is 1.62. The molecule has 1 saturated heterocycles. The van der Waals surface area contributed by atoms with E-state index in [0.29, 0.717) is 11.5 Å². The Bertz CT molecular complexity index is 408. The molecule has 4 nitrogen and oxygen atoms in total. The number of thioether (sulfide) groups is 1. The number of aliphatic hydroxyl groups is 1. The van der Waals surface area contributed by atoms with Crippen molar-refractivity contribution >= 4 is 11.8 Å². The van der Waals surface area contributed by atoms with Gasteiger partial charge < -0.3 is 20.3 Å². The molecule has 2 atom stereocenters. The Kier molecular flexibility index (Phi) is 5.36. The molecule has 0 spiro atoms. The second-order valence-corrected chi connectivity index (χ2v) is 5.77. The summed E-state index contributed by atoms with van der Waals surface area (Å²) >= 11 is 1.92. The number of hydrogen-bond acceptors (Lipinski definition) is 5. The number of aliphatic hydroxyl groups excluding tert-OH is 1. The molecule has 0 saturated carbocycles. The summed E-state index contributed by atoms with van der Waals surface area (Å²) in [5.41, 5.74) is 6.25. The maximum absolute atomic E-state index is 9.80. The second kappa shape index (κ2) is 7.03. The average molecular weight is 283 g/mol. The molecule has 0 radical (unpaired) electrons. The molecule has 2 unspecified atom stereocenters. The van der Waals surface area contributed by atoms with Crippen molar-refractivity contribution in [2.45, 2.75) is 25.0 Å². The molecule has 1 fully saturated rings. The molecule has 1 aliphatic heterocycles. The van der Waals surface area contributed by atoms with Gasteiger partial charge >= 0.3 is 0 Å². The van der Waals surface area contributed by atoms with Gasteiger partial charge in [-0.05, 0) is 36.3 Å². The molecule has 2 rings (SSSR count). The van der Waals surface area contributed by atoms with Crippen molar-refractivity contribution in [3.8, 4) is 11.5 Å². The van der Waals surface area contributed by atoms with Gasteiger partial charge in [0, 0.05) is 12.3 Å². The lowest BCUT2D eigenvalue weighted by Crippen LogP contribution is -2.23. The fourth-order valence-electron chi connectivity index (χ4n) is 2.11. The lowest BCUT2D eigenvalue weighted by molar-refractivity contribution is 0.182. The Morgan fingerprint density at radius 3 is 2.95 bits per heavy atom. The summed E-state index contributed by atoms with van der Waals surface area (Å²) in [5.74, 6) is 3.61. The van der Waals surface area contributed by atoms with Crippen molar-refractivity contribution in [2.75, 3.05) is 25.2 Å². The van der Waals surface area contributed by atoms with Crippen LogP contribution in [-0.4, -0.2) is 36.4 Å². The van der Waals surface area contributed by atoms with Crippen LogP contribution in [0, 0.1) is 0 Å². The van der Waals surface area contributed by atoms with Crippen molar-refractivity contribution in [2.24, 2.45) is 5.73 Å². The highest BCUT2D eigenvalue weighted by Crippen LogP contribution is 2.33. The maximum atomic E-state index is 9.80. The molecule has 0 amide bonds. The van der Waals surface area contributed by atoms with Crippen LogP contribution in [0.15, 0.2) is 18.2 Å². The molecule has 0 bridgehead atoms. The SMILES string of the molecule is COc1ccc(C(O)CN)cc1OC1CCCSC1. The van der Waals surface area contributed by atoms with Gasteiger partial charge in [-0.25, -0.2) is 0 Å².